The van der Waals surface area contributed by atoms with Gasteiger partial charge in [0.2, 0.25) is 12.9 Å². The van der Waals surface area contributed by atoms with E-state index in [0.717, 1.165) is 18.8 Å². The molecule has 21 heavy (non-hydrogen) atoms. The van der Waals surface area contributed by atoms with Crippen LogP contribution in [0.1, 0.15) is 51.9 Å². The highest BCUT2D eigenvalue weighted by atomic mass is 28.2. The Morgan fingerprint density at radius 1 is 0.667 bits per heavy atom. The van der Waals surface area contributed by atoms with Gasteiger partial charge in [-0.3, -0.25) is 0 Å². The van der Waals surface area contributed by atoms with Crippen molar-refractivity contribution in [2.75, 3.05) is 0 Å². The highest BCUT2D eigenvalue weighted by Crippen LogP contribution is 2.15. The average molecular weight is 345 g/mol. The molecule has 0 aromatic rings. The molecule has 0 aliphatic carbocycles. The molecule has 0 rings (SSSR count). The third-order valence-electron chi connectivity index (χ3n) is 3.99. The lowest BCUT2D eigenvalue weighted by molar-refractivity contribution is 0.134. The Morgan fingerprint density at radius 3 is 1.71 bits per heavy atom. The van der Waals surface area contributed by atoms with Gasteiger partial charge in [0.15, 0.2) is 0 Å². The Kier molecular flexibility index (Phi) is 15.2. The zero-order valence-electron chi connectivity index (χ0n) is 13.4. The number of rotatable bonds is 15. The van der Waals surface area contributed by atoms with Gasteiger partial charge in [0.1, 0.15) is 0 Å². The van der Waals surface area contributed by atoms with Gasteiger partial charge in [0.05, 0.1) is 0 Å². The van der Waals surface area contributed by atoms with Crippen molar-refractivity contribution in [1.29, 1.82) is 0 Å². The van der Waals surface area contributed by atoms with Crippen molar-refractivity contribution >= 4 is 19.0 Å². The van der Waals surface area contributed by atoms with Crippen LogP contribution in [-0.2, 0) is 0 Å². The molecule has 0 amide bonds. The van der Waals surface area contributed by atoms with Crippen molar-refractivity contribution < 1.29 is 17.6 Å². The Bertz CT molecular complexity index is 216. The molecule has 0 nitrogen and oxygen atoms in total. The van der Waals surface area contributed by atoms with Crippen molar-refractivity contribution in [2.24, 2.45) is 5.92 Å². The molecule has 0 saturated carbocycles. The summed E-state index contributed by atoms with van der Waals surface area (Å²) < 4.78 is 47.7. The lowest BCUT2D eigenvalue weighted by atomic mass is 10.2. The SMILES string of the molecule is CC(CC[SiH2]CCCCC(F)F)C[SiH2]CCCCC(F)F. The number of hydrogen-bond donors (Lipinski definition) is 0. The van der Waals surface area contributed by atoms with E-state index < -0.39 is 12.9 Å². The summed E-state index contributed by atoms with van der Waals surface area (Å²) in [6, 6.07) is 5.11. The second kappa shape index (κ2) is 15.1. The van der Waals surface area contributed by atoms with E-state index in [9.17, 15) is 17.6 Å². The Morgan fingerprint density at radius 2 is 1.19 bits per heavy atom. The quantitative estimate of drug-likeness (QED) is 0.225. The second-order valence-corrected chi connectivity index (χ2v) is 10.3. The number of hydrogen-bond acceptors (Lipinski definition) is 0. The monoisotopic (exact) mass is 344 g/mol. The van der Waals surface area contributed by atoms with E-state index in [1.807, 2.05) is 0 Å². The van der Waals surface area contributed by atoms with Gasteiger partial charge in [-0.25, -0.2) is 17.6 Å². The summed E-state index contributed by atoms with van der Waals surface area (Å²) in [5, 5.41) is 0. The number of halogens is 4. The molecule has 128 valence electrons. The van der Waals surface area contributed by atoms with Crippen LogP contribution in [0.15, 0.2) is 0 Å². The second-order valence-electron chi connectivity index (χ2n) is 6.22. The standard InChI is InChI=1S/C15H32F4Si2/c1-13(12-21-10-5-3-7-15(18)19)8-11-20-9-4-2-6-14(16)17/h13-15H,2-12,20-21H2,1H3. The van der Waals surface area contributed by atoms with Crippen LogP contribution >= 0.6 is 0 Å². The van der Waals surface area contributed by atoms with Crippen LogP contribution in [0.5, 0.6) is 0 Å². The summed E-state index contributed by atoms with van der Waals surface area (Å²) in [7, 11) is -0.0855. The Labute approximate surface area is 132 Å². The van der Waals surface area contributed by atoms with Crippen molar-refractivity contribution in [3.63, 3.8) is 0 Å². The van der Waals surface area contributed by atoms with Crippen LogP contribution in [0.3, 0.4) is 0 Å². The molecule has 0 fully saturated rings. The molecule has 0 aliphatic rings. The summed E-state index contributed by atoms with van der Waals surface area (Å²) in [5.74, 6) is 0.792. The first-order chi connectivity index (χ1) is 10.0. The van der Waals surface area contributed by atoms with Gasteiger partial charge in [-0.05, 0) is 18.8 Å². The maximum atomic E-state index is 11.9. The molecule has 0 spiro atoms. The predicted octanol–water partition coefficient (Wildman–Crippen LogP) is 4.89. The lowest BCUT2D eigenvalue weighted by Gasteiger charge is -2.10. The highest BCUT2D eigenvalue weighted by Gasteiger charge is 2.05. The summed E-state index contributed by atoms with van der Waals surface area (Å²) in [4.78, 5) is 0. The van der Waals surface area contributed by atoms with Crippen LogP contribution in [0.25, 0.3) is 0 Å². The zero-order chi connectivity index (χ0) is 15.9. The fourth-order valence-electron chi connectivity index (χ4n) is 2.61. The fourth-order valence-corrected chi connectivity index (χ4v) is 6.64. The molecule has 0 N–H and O–H groups in total. The molecule has 0 aromatic heterocycles. The van der Waals surface area contributed by atoms with Crippen LogP contribution in [0.2, 0.25) is 24.2 Å². The smallest absolute Gasteiger partial charge is 0.211 e. The molecule has 6 heteroatoms. The predicted molar refractivity (Wildman–Crippen MR) is 89.8 cm³/mol. The summed E-state index contributed by atoms with van der Waals surface area (Å²) >= 11 is 0. The molecule has 0 bridgehead atoms. The minimum atomic E-state index is -2.13. The molecule has 0 aliphatic heterocycles. The molecule has 1 atom stereocenters. The van der Waals surface area contributed by atoms with Crippen LogP contribution in [0.4, 0.5) is 17.6 Å². The van der Waals surface area contributed by atoms with E-state index in [1.54, 1.807) is 0 Å². The minimum Gasteiger partial charge on any atom is -0.211 e. The number of alkyl halides is 4. The van der Waals surface area contributed by atoms with Gasteiger partial charge in [-0.1, -0.05) is 50.4 Å². The topological polar surface area (TPSA) is 0 Å². The summed E-state index contributed by atoms with van der Waals surface area (Å²) in [6.07, 6.45) is 0.532. The first-order valence-electron chi connectivity index (χ1n) is 8.58. The summed E-state index contributed by atoms with van der Waals surface area (Å²) in [5.41, 5.74) is 0. The molecule has 0 heterocycles. The minimum absolute atomic E-state index is 0.0349. The van der Waals surface area contributed by atoms with E-state index >= 15 is 0 Å². The zero-order valence-corrected chi connectivity index (χ0v) is 16.3. The highest BCUT2D eigenvalue weighted by molar-refractivity contribution is 6.36. The molecule has 0 aromatic carbocycles. The van der Waals surface area contributed by atoms with Gasteiger partial charge in [0, 0.05) is 31.9 Å². The average Bonchev–Trinajstić information content (AvgIpc) is 2.41. The molecule has 1 unspecified atom stereocenters. The van der Waals surface area contributed by atoms with Crippen LogP contribution < -0.4 is 0 Å². The largest absolute Gasteiger partial charge is 0.238 e. The van der Waals surface area contributed by atoms with Crippen molar-refractivity contribution in [3.8, 4) is 0 Å². The normalized spacial score (nSPS) is 14.4. The first-order valence-corrected chi connectivity index (χ1v) is 12.6. The number of unbranched alkanes of at least 4 members (excludes halogenated alkanes) is 2. The Hall–Kier alpha value is 0.154. The van der Waals surface area contributed by atoms with E-state index in [0.29, 0.717) is 12.8 Å². The first kappa shape index (κ1) is 21.2. The van der Waals surface area contributed by atoms with Gasteiger partial charge in [0.25, 0.3) is 0 Å². The van der Waals surface area contributed by atoms with Crippen LogP contribution in [0, 0.1) is 5.92 Å². The van der Waals surface area contributed by atoms with Crippen molar-refractivity contribution in [2.45, 2.75) is 88.9 Å². The van der Waals surface area contributed by atoms with Gasteiger partial charge < -0.3 is 0 Å². The third-order valence-corrected chi connectivity index (χ3v) is 8.29. The fraction of sp³-hybridized carbons (Fsp3) is 1.00. The maximum absolute atomic E-state index is 11.9. The van der Waals surface area contributed by atoms with Crippen molar-refractivity contribution in [1.82, 2.24) is 0 Å². The maximum Gasteiger partial charge on any atom is 0.238 e. The van der Waals surface area contributed by atoms with Gasteiger partial charge in [-0.2, -0.15) is 0 Å². The molecule has 0 saturated heterocycles. The molecule has 0 radical (unpaired) electrons. The van der Waals surface area contributed by atoms with E-state index in [1.165, 1.54) is 30.6 Å². The van der Waals surface area contributed by atoms with E-state index in [-0.39, 0.29) is 31.9 Å². The van der Waals surface area contributed by atoms with Gasteiger partial charge >= 0.3 is 0 Å². The molecular weight excluding hydrogens is 312 g/mol. The van der Waals surface area contributed by atoms with E-state index in [2.05, 4.69) is 6.92 Å². The Balaban J connectivity index is 3.18. The van der Waals surface area contributed by atoms with Crippen LogP contribution in [-0.4, -0.2) is 31.9 Å². The lowest BCUT2D eigenvalue weighted by Crippen LogP contribution is -2.02. The van der Waals surface area contributed by atoms with Crippen molar-refractivity contribution in [3.05, 3.63) is 0 Å². The van der Waals surface area contributed by atoms with E-state index in [4.69, 9.17) is 0 Å². The molecular formula is C15H32F4Si2. The third kappa shape index (κ3) is 18.1. The summed E-state index contributed by atoms with van der Waals surface area (Å²) in [6.45, 7) is 2.30. The van der Waals surface area contributed by atoms with Gasteiger partial charge in [-0.15, -0.1) is 0 Å².